The van der Waals surface area contributed by atoms with Crippen molar-refractivity contribution in [3.05, 3.63) is 65.7 Å². The van der Waals surface area contributed by atoms with Crippen molar-refractivity contribution in [2.75, 3.05) is 45.6 Å². The lowest BCUT2D eigenvalue weighted by molar-refractivity contribution is -0.117. The second kappa shape index (κ2) is 14.4. The van der Waals surface area contributed by atoms with Crippen LogP contribution in [0.15, 0.2) is 54.6 Å². The van der Waals surface area contributed by atoms with E-state index in [0.29, 0.717) is 6.42 Å². The molecular weight excluding hydrogens is 376 g/mol. The van der Waals surface area contributed by atoms with Crippen LogP contribution in [0.2, 0.25) is 0 Å². The molecule has 164 valence electrons. The quantitative estimate of drug-likeness (QED) is 0.763. The summed E-state index contributed by atoms with van der Waals surface area (Å²) in [6.45, 7) is 8.21. The Balaban J connectivity index is 0.00000106. The minimum Gasteiger partial charge on any atom is -0.333 e. The number of piperazine rings is 1. The molecule has 1 unspecified atom stereocenters. The SMILES string of the molecule is C=O.CCc1ccc(NC(=O)CC(c2ccccc2)N2CCN(C)CC2)cc1.CN. The average Bonchev–Trinajstić information content (AvgIpc) is 2.82. The number of carbonyl (C=O) groups excluding carboxylic acids is 2. The fraction of sp³-hybridized carbons (Fsp3) is 0.417. The average molecular weight is 413 g/mol. The number of anilines is 1. The summed E-state index contributed by atoms with van der Waals surface area (Å²) in [6.07, 6.45) is 1.48. The molecular formula is C24H36N4O2. The number of amides is 1. The third-order valence-corrected chi connectivity index (χ3v) is 5.19. The number of likely N-dealkylation sites (N-methyl/N-ethyl adjacent to an activating group) is 1. The van der Waals surface area contributed by atoms with Crippen LogP contribution < -0.4 is 11.1 Å². The van der Waals surface area contributed by atoms with Gasteiger partial charge in [0.05, 0.1) is 0 Å². The summed E-state index contributed by atoms with van der Waals surface area (Å²) in [5, 5.41) is 3.07. The van der Waals surface area contributed by atoms with E-state index in [-0.39, 0.29) is 11.9 Å². The fourth-order valence-corrected chi connectivity index (χ4v) is 3.48. The first-order valence-electron chi connectivity index (χ1n) is 10.4. The Bertz CT molecular complexity index is 714. The zero-order chi connectivity index (χ0) is 22.4. The highest BCUT2D eigenvalue weighted by molar-refractivity contribution is 5.91. The van der Waals surface area contributed by atoms with E-state index < -0.39 is 0 Å². The van der Waals surface area contributed by atoms with Crippen molar-refractivity contribution in [3.8, 4) is 0 Å². The number of nitrogens with one attached hydrogen (secondary N) is 1. The lowest BCUT2D eigenvalue weighted by atomic mass is 10.0. The standard InChI is InChI=1S/C22H29N3O.CH5N.CH2O/c1-3-18-9-11-20(12-10-18)23-22(26)17-21(19-7-5-4-6-8-19)25-15-13-24(2)14-16-25;2*1-2/h4-12,21H,3,13-17H2,1-2H3,(H,23,26);2H2,1H3;1H2. The number of rotatable bonds is 6. The molecule has 0 radical (unpaired) electrons. The highest BCUT2D eigenvalue weighted by Crippen LogP contribution is 2.26. The number of aryl methyl sites for hydroxylation is 1. The van der Waals surface area contributed by atoms with Crippen molar-refractivity contribution >= 4 is 18.4 Å². The van der Waals surface area contributed by atoms with Gasteiger partial charge in [-0.1, -0.05) is 49.4 Å². The van der Waals surface area contributed by atoms with Gasteiger partial charge in [-0.2, -0.15) is 0 Å². The molecule has 6 heteroatoms. The van der Waals surface area contributed by atoms with Crippen LogP contribution in [0.4, 0.5) is 5.69 Å². The molecule has 0 aliphatic carbocycles. The predicted octanol–water partition coefficient (Wildman–Crippen LogP) is 2.96. The van der Waals surface area contributed by atoms with Gasteiger partial charge in [0.25, 0.3) is 0 Å². The van der Waals surface area contributed by atoms with Crippen molar-refractivity contribution < 1.29 is 9.59 Å². The molecule has 1 heterocycles. The zero-order valence-electron chi connectivity index (χ0n) is 18.5. The Morgan fingerprint density at radius 1 is 1.00 bits per heavy atom. The third-order valence-electron chi connectivity index (χ3n) is 5.19. The number of nitrogens with zero attached hydrogens (tertiary/aromatic N) is 2. The van der Waals surface area contributed by atoms with Crippen LogP contribution in [-0.4, -0.2) is 62.8 Å². The Hall–Kier alpha value is -2.54. The number of hydrogen-bond acceptors (Lipinski definition) is 5. The van der Waals surface area contributed by atoms with Gasteiger partial charge in [-0.15, -0.1) is 0 Å². The summed E-state index contributed by atoms with van der Waals surface area (Å²) < 4.78 is 0. The molecule has 30 heavy (non-hydrogen) atoms. The lowest BCUT2D eigenvalue weighted by Gasteiger charge is -2.38. The fourth-order valence-electron chi connectivity index (χ4n) is 3.48. The molecule has 2 aromatic carbocycles. The zero-order valence-corrected chi connectivity index (χ0v) is 18.5. The predicted molar refractivity (Wildman–Crippen MR) is 125 cm³/mol. The molecule has 1 aliphatic rings. The number of hydrogen-bond donors (Lipinski definition) is 2. The van der Waals surface area contributed by atoms with E-state index in [9.17, 15) is 4.79 Å². The van der Waals surface area contributed by atoms with E-state index in [1.165, 1.54) is 18.2 Å². The first-order chi connectivity index (χ1) is 14.7. The monoisotopic (exact) mass is 412 g/mol. The van der Waals surface area contributed by atoms with Crippen molar-refractivity contribution in [1.82, 2.24) is 9.80 Å². The van der Waals surface area contributed by atoms with E-state index >= 15 is 0 Å². The van der Waals surface area contributed by atoms with E-state index in [0.717, 1.165) is 38.3 Å². The van der Waals surface area contributed by atoms with Crippen LogP contribution >= 0.6 is 0 Å². The van der Waals surface area contributed by atoms with Gasteiger partial charge in [-0.05, 0) is 43.8 Å². The van der Waals surface area contributed by atoms with Crippen molar-refractivity contribution in [2.45, 2.75) is 25.8 Å². The molecule has 1 amide bonds. The summed E-state index contributed by atoms with van der Waals surface area (Å²) >= 11 is 0. The molecule has 1 saturated heterocycles. The van der Waals surface area contributed by atoms with Crippen molar-refractivity contribution in [3.63, 3.8) is 0 Å². The topological polar surface area (TPSA) is 78.7 Å². The van der Waals surface area contributed by atoms with Crippen LogP contribution in [0.3, 0.4) is 0 Å². The highest BCUT2D eigenvalue weighted by atomic mass is 16.1. The first kappa shape index (κ1) is 25.5. The minimum atomic E-state index is 0.0713. The second-order valence-electron chi connectivity index (χ2n) is 7.07. The van der Waals surface area contributed by atoms with E-state index in [1.807, 2.05) is 25.0 Å². The van der Waals surface area contributed by atoms with Gasteiger partial charge in [-0.25, -0.2) is 0 Å². The van der Waals surface area contributed by atoms with Gasteiger partial charge in [0, 0.05) is 44.3 Å². The van der Waals surface area contributed by atoms with Crippen LogP contribution in [0.25, 0.3) is 0 Å². The summed E-state index contributed by atoms with van der Waals surface area (Å²) in [4.78, 5) is 25.5. The van der Waals surface area contributed by atoms with E-state index in [4.69, 9.17) is 4.79 Å². The van der Waals surface area contributed by atoms with Crippen molar-refractivity contribution in [2.24, 2.45) is 5.73 Å². The van der Waals surface area contributed by atoms with Gasteiger partial charge < -0.3 is 20.7 Å². The Kier molecular flexibility index (Phi) is 12.3. The molecule has 0 spiro atoms. The van der Waals surface area contributed by atoms with Gasteiger partial charge in [-0.3, -0.25) is 9.69 Å². The first-order valence-corrected chi connectivity index (χ1v) is 10.4. The number of nitrogens with two attached hydrogens (primary N) is 1. The second-order valence-corrected chi connectivity index (χ2v) is 7.07. The van der Waals surface area contributed by atoms with Gasteiger partial charge in [0.15, 0.2) is 0 Å². The number of benzene rings is 2. The van der Waals surface area contributed by atoms with Crippen LogP contribution in [0.1, 0.15) is 30.5 Å². The third kappa shape index (κ3) is 8.06. The summed E-state index contributed by atoms with van der Waals surface area (Å²) in [6, 6.07) is 18.7. The smallest absolute Gasteiger partial charge is 0.226 e. The molecule has 1 aliphatic heterocycles. The largest absolute Gasteiger partial charge is 0.333 e. The lowest BCUT2D eigenvalue weighted by Crippen LogP contribution is -2.46. The maximum atomic E-state index is 12.7. The molecule has 3 N–H and O–H groups in total. The van der Waals surface area contributed by atoms with E-state index in [1.54, 1.807) is 0 Å². The molecule has 0 saturated carbocycles. The highest BCUT2D eigenvalue weighted by Gasteiger charge is 2.26. The molecule has 6 nitrogen and oxygen atoms in total. The van der Waals surface area contributed by atoms with Gasteiger partial charge in [0.2, 0.25) is 5.91 Å². The normalized spacial score (nSPS) is 15.1. The van der Waals surface area contributed by atoms with Crippen LogP contribution in [0, 0.1) is 0 Å². The maximum absolute atomic E-state index is 12.7. The van der Waals surface area contributed by atoms with Gasteiger partial charge >= 0.3 is 0 Å². The summed E-state index contributed by atoms with van der Waals surface area (Å²) in [5.41, 5.74) is 7.87. The number of carbonyl (C=O) groups is 2. The van der Waals surface area contributed by atoms with Crippen LogP contribution in [-0.2, 0) is 16.0 Å². The van der Waals surface area contributed by atoms with Crippen molar-refractivity contribution in [1.29, 1.82) is 0 Å². The Morgan fingerprint density at radius 3 is 2.10 bits per heavy atom. The summed E-state index contributed by atoms with van der Waals surface area (Å²) in [7, 11) is 3.65. The van der Waals surface area contributed by atoms with Crippen LogP contribution in [0.5, 0.6) is 0 Å². The Morgan fingerprint density at radius 2 is 1.57 bits per heavy atom. The molecule has 1 fully saturated rings. The minimum absolute atomic E-state index is 0.0713. The van der Waals surface area contributed by atoms with E-state index in [2.05, 4.69) is 71.2 Å². The molecule has 0 bridgehead atoms. The molecule has 3 rings (SSSR count). The summed E-state index contributed by atoms with van der Waals surface area (Å²) in [5.74, 6) is 0.0713. The molecule has 0 aromatic heterocycles. The maximum Gasteiger partial charge on any atom is 0.226 e. The molecule has 2 aromatic rings. The molecule has 1 atom stereocenters. The van der Waals surface area contributed by atoms with Gasteiger partial charge in [0.1, 0.15) is 6.79 Å². The Labute approximate surface area is 181 Å².